The van der Waals surface area contributed by atoms with Crippen LogP contribution in [-0.2, 0) is 15.1 Å². The van der Waals surface area contributed by atoms with Crippen molar-refractivity contribution in [1.82, 2.24) is 0 Å². The van der Waals surface area contributed by atoms with Crippen molar-refractivity contribution >= 4 is 5.97 Å². The number of hydrogen-bond donors (Lipinski definition) is 0. The molecule has 0 unspecified atom stereocenters. The monoisotopic (exact) mass is 214 g/mol. The van der Waals surface area contributed by atoms with Gasteiger partial charge in [-0.3, -0.25) is 4.79 Å². The van der Waals surface area contributed by atoms with Crippen LogP contribution < -0.4 is 0 Å². The molecular formula is C11H12F2O2. The highest BCUT2D eigenvalue weighted by molar-refractivity contribution is 5.66. The summed E-state index contributed by atoms with van der Waals surface area (Å²) >= 11 is 0. The zero-order chi connectivity index (χ0) is 11.6. The molecule has 0 bridgehead atoms. The van der Waals surface area contributed by atoms with Gasteiger partial charge in [0, 0.05) is 6.92 Å². The number of ether oxygens (including phenoxy) is 1. The topological polar surface area (TPSA) is 26.3 Å². The van der Waals surface area contributed by atoms with Crippen molar-refractivity contribution in [2.75, 3.05) is 0 Å². The third kappa shape index (κ3) is 2.75. The number of carbonyl (C=O) groups excluding carboxylic acids is 1. The Hall–Kier alpha value is -1.45. The van der Waals surface area contributed by atoms with Gasteiger partial charge in [0.15, 0.2) is 11.6 Å². The summed E-state index contributed by atoms with van der Waals surface area (Å²) in [6.07, 6.45) is 0. The first kappa shape index (κ1) is 11.6. The van der Waals surface area contributed by atoms with E-state index >= 15 is 0 Å². The number of benzene rings is 1. The van der Waals surface area contributed by atoms with Crippen LogP contribution in [0.1, 0.15) is 26.3 Å². The van der Waals surface area contributed by atoms with E-state index in [1.165, 1.54) is 13.0 Å². The lowest BCUT2D eigenvalue weighted by molar-refractivity contribution is -0.154. The van der Waals surface area contributed by atoms with Crippen LogP contribution in [0.25, 0.3) is 0 Å². The molecule has 1 aromatic carbocycles. The molecule has 0 aromatic heterocycles. The number of halogens is 2. The van der Waals surface area contributed by atoms with Gasteiger partial charge in [-0.25, -0.2) is 8.78 Å². The highest BCUT2D eigenvalue weighted by atomic mass is 19.2. The maximum absolute atomic E-state index is 12.9. The van der Waals surface area contributed by atoms with Crippen LogP contribution >= 0.6 is 0 Å². The molecule has 82 valence electrons. The van der Waals surface area contributed by atoms with E-state index in [-0.39, 0.29) is 0 Å². The van der Waals surface area contributed by atoms with Crippen molar-refractivity contribution in [2.24, 2.45) is 0 Å². The molecule has 0 fully saturated rings. The molecule has 0 spiro atoms. The van der Waals surface area contributed by atoms with Gasteiger partial charge >= 0.3 is 5.97 Å². The first-order chi connectivity index (χ1) is 6.83. The van der Waals surface area contributed by atoms with E-state index in [2.05, 4.69) is 0 Å². The summed E-state index contributed by atoms with van der Waals surface area (Å²) in [5, 5.41) is 0. The molecule has 0 amide bonds. The van der Waals surface area contributed by atoms with Crippen molar-refractivity contribution in [1.29, 1.82) is 0 Å². The predicted octanol–water partition coefficient (Wildman–Crippen LogP) is 2.76. The van der Waals surface area contributed by atoms with Crippen LogP contribution in [0.2, 0.25) is 0 Å². The van der Waals surface area contributed by atoms with E-state index in [0.717, 1.165) is 12.1 Å². The molecule has 0 aliphatic heterocycles. The molecule has 15 heavy (non-hydrogen) atoms. The Morgan fingerprint density at radius 1 is 1.27 bits per heavy atom. The largest absolute Gasteiger partial charge is 0.455 e. The Morgan fingerprint density at radius 3 is 2.33 bits per heavy atom. The lowest BCUT2D eigenvalue weighted by atomic mass is 9.98. The van der Waals surface area contributed by atoms with Gasteiger partial charge in [0.2, 0.25) is 0 Å². The van der Waals surface area contributed by atoms with Crippen molar-refractivity contribution in [3.8, 4) is 0 Å². The van der Waals surface area contributed by atoms with Crippen molar-refractivity contribution in [3.05, 3.63) is 35.4 Å². The Kier molecular flexibility index (Phi) is 3.07. The quantitative estimate of drug-likeness (QED) is 0.707. The smallest absolute Gasteiger partial charge is 0.303 e. The number of hydrogen-bond acceptors (Lipinski definition) is 2. The molecule has 0 radical (unpaired) electrons. The van der Waals surface area contributed by atoms with Crippen LogP contribution in [0, 0.1) is 11.6 Å². The number of esters is 1. The van der Waals surface area contributed by atoms with Gasteiger partial charge in [-0.1, -0.05) is 6.07 Å². The second kappa shape index (κ2) is 3.96. The SMILES string of the molecule is CC(=O)OC(C)(C)c1ccc(F)c(F)c1. The Balaban J connectivity index is 3.04. The highest BCUT2D eigenvalue weighted by Crippen LogP contribution is 2.26. The molecular weight excluding hydrogens is 202 g/mol. The van der Waals surface area contributed by atoms with E-state index < -0.39 is 23.2 Å². The normalized spacial score (nSPS) is 11.3. The molecule has 1 aromatic rings. The van der Waals surface area contributed by atoms with Gasteiger partial charge in [0.25, 0.3) is 0 Å². The molecule has 0 N–H and O–H groups in total. The van der Waals surface area contributed by atoms with Gasteiger partial charge < -0.3 is 4.74 Å². The average molecular weight is 214 g/mol. The standard InChI is InChI=1S/C11H12F2O2/c1-7(14)15-11(2,3)8-4-5-9(12)10(13)6-8/h4-6H,1-3H3. The molecule has 2 nitrogen and oxygen atoms in total. The summed E-state index contributed by atoms with van der Waals surface area (Å²) in [5.41, 5.74) is -0.544. The predicted molar refractivity (Wildman–Crippen MR) is 51.2 cm³/mol. The van der Waals surface area contributed by atoms with Crippen LogP contribution in [0.5, 0.6) is 0 Å². The minimum atomic E-state index is -0.958. The fourth-order valence-corrected chi connectivity index (χ4v) is 1.29. The van der Waals surface area contributed by atoms with Crippen molar-refractivity contribution in [2.45, 2.75) is 26.4 Å². The zero-order valence-electron chi connectivity index (χ0n) is 8.80. The van der Waals surface area contributed by atoms with E-state index in [9.17, 15) is 13.6 Å². The minimum absolute atomic E-state index is 0.414. The summed E-state index contributed by atoms with van der Waals surface area (Å²) in [7, 11) is 0. The molecule has 1 rings (SSSR count). The molecule has 0 aliphatic rings. The van der Waals surface area contributed by atoms with Gasteiger partial charge in [0.1, 0.15) is 5.60 Å². The van der Waals surface area contributed by atoms with Gasteiger partial charge in [-0.2, -0.15) is 0 Å². The Morgan fingerprint density at radius 2 is 1.87 bits per heavy atom. The number of rotatable bonds is 2. The van der Waals surface area contributed by atoms with E-state index in [1.807, 2.05) is 0 Å². The highest BCUT2D eigenvalue weighted by Gasteiger charge is 2.24. The van der Waals surface area contributed by atoms with E-state index in [4.69, 9.17) is 4.74 Å². The minimum Gasteiger partial charge on any atom is -0.455 e. The average Bonchev–Trinajstić information content (AvgIpc) is 2.07. The summed E-state index contributed by atoms with van der Waals surface area (Å²) in [6.45, 7) is 4.49. The molecule has 0 atom stereocenters. The molecule has 0 heterocycles. The van der Waals surface area contributed by atoms with E-state index in [1.54, 1.807) is 13.8 Å². The first-order valence-corrected chi connectivity index (χ1v) is 4.48. The fourth-order valence-electron chi connectivity index (χ4n) is 1.29. The maximum Gasteiger partial charge on any atom is 0.303 e. The van der Waals surface area contributed by atoms with Gasteiger partial charge in [-0.05, 0) is 31.5 Å². The van der Waals surface area contributed by atoms with Crippen LogP contribution in [-0.4, -0.2) is 5.97 Å². The fraction of sp³-hybridized carbons (Fsp3) is 0.364. The Labute approximate surface area is 86.9 Å². The van der Waals surface area contributed by atoms with Crippen molar-refractivity contribution in [3.63, 3.8) is 0 Å². The zero-order valence-corrected chi connectivity index (χ0v) is 8.80. The molecule has 0 saturated carbocycles. The second-order valence-electron chi connectivity index (χ2n) is 3.73. The van der Waals surface area contributed by atoms with Crippen LogP contribution in [0.15, 0.2) is 18.2 Å². The third-order valence-corrected chi connectivity index (χ3v) is 2.01. The van der Waals surface area contributed by atoms with Gasteiger partial charge in [0.05, 0.1) is 0 Å². The second-order valence-corrected chi connectivity index (χ2v) is 3.73. The van der Waals surface area contributed by atoms with E-state index in [0.29, 0.717) is 5.56 Å². The molecule has 0 aliphatic carbocycles. The lowest BCUT2D eigenvalue weighted by Gasteiger charge is -2.24. The summed E-state index contributed by atoms with van der Waals surface area (Å²) in [6, 6.07) is 3.43. The first-order valence-electron chi connectivity index (χ1n) is 4.48. The van der Waals surface area contributed by atoms with Crippen molar-refractivity contribution < 1.29 is 18.3 Å². The third-order valence-electron chi connectivity index (χ3n) is 2.01. The van der Waals surface area contributed by atoms with Crippen LogP contribution in [0.3, 0.4) is 0 Å². The summed E-state index contributed by atoms with van der Waals surface area (Å²) in [5.74, 6) is -2.34. The lowest BCUT2D eigenvalue weighted by Crippen LogP contribution is -2.24. The molecule has 0 saturated heterocycles. The maximum atomic E-state index is 12.9. The van der Waals surface area contributed by atoms with Gasteiger partial charge in [-0.15, -0.1) is 0 Å². The summed E-state index contributed by atoms with van der Waals surface area (Å²) in [4.78, 5) is 10.8. The molecule has 4 heteroatoms. The number of carbonyl (C=O) groups is 1. The van der Waals surface area contributed by atoms with Crippen LogP contribution in [0.4, 0.5) is 8.78 Å². The Bertz CT molecular complexity index is 386. The summed E-state index contributed by atoms with van der Waals surface area (Å²) < 4.78 is 30.6.